The van der Waals surface area contributed by atoms with E-state index in [1.807, 2.05) is 0 Å². The number of carbonyl (C=O) groups is 3. The van der Waals surface area contributed by atoms with Gasteiger partial charge in [-0.3, -0.25) is 14.4 Å². The molecule has 3 aromatic rings. The fourth-order valence-corrected chi connectivity index (χ4v) is 4.26. The molecule has 0 radical (unpaired) electrons. The van der Waals surface area contributed by atoms with Crippen LogP contribution in [0.2, 0.25) is 5.02 Å². The molecule has 0 aromatic heterocycles. The van der Waals surface area contributed by atoms with Gasteiger partial charge in [-0.25, -0.2) is 13.3 Å². The highest BCUT2D eigenvalue weighted by Crippen LogP contribution is 2.35. The topological polar surface area (TPSA) is 101 Å². The van der Waals surface area contributed by atoms with Crippen molar-refractivity contribution in [2.45, 2.75) is 10.7 Å². The molecule has 0 bridgehead atoms. The molecule has 1 heterocycles. The molecule has 4 rings (SSSR count). The number of halogens is 3. The number of nitrogens with one attached hydrogen (secondary N) is 1. The number of hydrogen-bond donors (Lipinski definition) is 1. The molecule has 168 valence electrons. The van der Waals surface area contributed by atoms with Crippen molar-refractivity contribution >= 4 is 50.5 Å². The van der Waals surface area contributed by atoms with Crippen LogP contribution in [0.3, 0.4) is 0 Å². The van der Waals surface area contributed by atoms with Crippen molar-refractivity contribution in [1.29, 1.82) is 0 Å². The van der Waals surface area contributed by atoms with Crippen LogP contribution < -0.4 is 10.2 Å². The van der Waals surface area contributed by atoms with E-state index < -0.39 is 38.2 Å². The third-order valence-electron chi connectivity index (χ3n) is 4.92. The van der Waals surface area contributed by atoms with Crippen LogP contribution in [0.1, 0.15) is 31.1 Å². The number of sulfone groups is 1. The van der Waals surface area contributed by atoms with Crippen molar-refractivity contribution in [2.75, 3.05) is 10.2 Å². The summed E-state index contributed by atoms with van der Waals surface area (Å²) in [6, 6.07) is 14.5. The van der Waals surface area contributed by atoms with E-state index in [0.29, 0.717) is 0 Å². The van der Waals surface area contributed by atoms with Crippen LogP contribution in [-0.2, 0) is 9.84 Å². The summed E-state index contributed by atoms with van der Waals surface area (Å²) in [4.78, 5) is 38.0. The number of amides is 3. The van der Waals surface area contributed by atoms with E-state index in [0.717, 1.165) is 29.2 Å². The molecule has 0 spiro atoms. The Hall–Kier alpha value is -3.63. The third kappa shape index (κ3) is 3.98. The number of benzene rings is 3. The van der Waals surface area contributed by atoms with Crippen molar-refractivity contribution in [3.63, 3.8) is 0 Å². The second-order valence-electron chi connectivity index (χ2n) is 6.94. The average Bonchev–Trinajstić information content (AvgIpc) is 3.04. The molecule has 0 unspecified atom stereocenters. The van der Waals surface area contributed by atoms with Gasteiger partial charge in [-0.05, 0) is 54.6 Å². The zero-order chi connectivity index (χ0) is 23.9. The van der Waals surface area contributed by atoms with Gasteiger partial charge >= 0.3 is 5.76 Å². The molecule has 0 aliphatic carbocycles. The Labute approximate surface area is 191 Å². The molecule has 3 amide bonds. The predicted octanol–water partition coefficient (Wildman–Crippen LogP) is 4.39. The Morgan fingerprint density at radius 3 is 2.00 bits per heavy atom. The zero-order valence-corrected chi connectivity index (χ0v) is 18.0. The summed E-state index contributed by atoms with van der Waals surface area (Å²) in [6.07, 6.45) is 0. The van der Waals surface area contributed by atoms with Gasteiger partial charge in [-0.2, -0.15) is 8.78 Å². The molecular formula is C22H13ClF2N2O5S. The SMILES string of the molecule is O=C(Nc1ccc(N2C(=O)c3ccccc3C2=O)c(Cl)c1)c1ccc(S(=O)(=O)C(F)F)cc1. The Balaban J connectivity index is 1.53. The van der Waals surface area contributed by atoms with E-state index >= 15 is 0 Å². The molecule has 0 saturated carbocycles. The van der Waals surface area contributed by atoms with E-state index in [-0.39, 0.29) is 33.1 Å². The van der Waals surface area contributed by atoms with Crippen LogP contribution in [0.15, 0.2) is 71.6 Å². The third-order valence-corrected chi connectivity index (χ3v) is 6.62. The summed E-state index contributed by atoms with van der Waals surface area (Å²) in [7, 11) is -4.77. The van der Waals surface area contributed by atoms with Crippen LogP contribution in [0, 0.1) is 0 Å². The second-order valence-corrected chi connectivity index (χ2v) is 9.27. The summed E-state index contributed by atoms with van der Waals surface area (Å²) < 4.78 is 48.2. The quantitative estimate of drug-likeness (QED) is 0.535. The molecule has 0 fully saturated rings. The Morgan fingerprint density at radius 1 is 0.909 bits per heavy atom. The number of fused-ring (bicyclic) bond motifs is 1. The van der Waals surface area contributed by atoms with Gasteiger partial charge in [0.2, 0.25) is 9.84 Å². The monoisotopic (exact) mass is 490 g/mol. The standard InChI is InChI=1S/C22H13ClF2N2O5S/c23-17-11-13(26-19(28)12-5-8-14(9-6-12)33(31,32)22(24)25)7-10-18(17)27-20(29)15-3-1-2-4-16(15)21(27)30/h1-11,22H,(H,26,28). The Kier molecular flexibility index (Phi) is 5.73. The molecule has 7 nitrogen and oxygen atoms in total. The molecular weight excluding hydrogens is 478 g/mol. The van der Waals surface area contributed by atoms with E-state index in [4.69, 9.17) is 11.6 Å². The van der Waals surface area contributed by atoms with Crippen molar-refractivity contribution in [1.82, 2.24) is 0 Å². The molecule has 0 saturated heterocycles. The normalized spacial score (nSPS) is 13.4. The molecule has 0 atom stereocenters. The van der Waals surface area contributed by atoms with Crippen LogP contribution >= 0.6 is 11.6 Å². The number of nitrogens with zero attached hydrogens (tertiary/aromatic N) is 1. The Bertz CT molecular complexity index is 1370. The van der Waals surface area contributed by atoms with Crippen LogP contribution in [-0.4, -0.2) is 31.9 Å². The first-order valence-corrected chi connectivity index (χ1v) is 11.2. The van der Waals surface area contributed by atoms with Crippen molar-refractivity contribution in [3.05, 3.63) is 88.4 Å². The van der Waals surface area contributed by atoms with Crippen LogP contribution in [0.5, 0.6) is 0 Å². The number of carbonyl (C=O) groups excluding carboxylic acids is 3. The minimum Gasteiger partial charge on any atom is -0.322 e. The fraction of sp³-hybridized carbons (Fsp3) is 0.0455. The number of imide groups is 1. The van der Waals surface area contributed by atoms with Gasteiger partial charge < -0.3 is 5.32 Å². The molecule has 3 aromatic carbocycles. The lowest BCUT2D eigenvalue weighted by molar-refractivity contribution is 0.0924. The molecule has 11 heteroatoms. The van der Waals surface area contributed by atoms with Gasteiger partial charge in [0.05, 0.1) is 26.7 Å². The molecule has 1 N–H and O–H groups in total. The largest absolute Gasteiger partial charge is 0.341 e. The average molecular weight is 491 g/mol. The number of anilines is 2. The van der Waals surface area contributed by atoms with Crippen molar-refractivity contribution in [2.24, 2.45) is 0 Å². The Morgan fingerprint density at radius 2 is 1.48 bits per heavy atom. The minimum atomic E-state index is -4.77. The van der Waals surface area contributed by atoms with Crippen LogP contribution in [0.4, 0.5) is 20.2 Å². The number of hydrogen-bond acceptors (Lipinski definition) is 5. The second kappa shape index (κ2) is 8.38. The van der Waals surface area contributed by atoms with Crippen molar-refractivity contribution < 1.29 is 31.6 Å². The fourth-order valence-electron chi connectivity index (χ4n) is 3.28. The molecule has 1 aliphatic heterocycles. The first-order chi connectivity index (χ1) is 15.6. The van der Waals surface area contributed by atoms with Gasteiger partial charge in [0.15, 0.2) is 0 Å². The van der Waals surface area contributed by atoms with Gasteiger partial charge in [0.1, 0.15) is 0 Å². The highest BCUT2D eigenvalue weighted by atomic mass is 35.5. The van der Waals surface area contributed by atoms with Crippen LogP contribution in [0.25, 0.3) is 0 Å². The smallest absolute Gasteiger partial charge is 0.322 e. The minimum absolute atomic E-state index is 0.0174. The van der Waals surface area contributed by atoms with E-state index in [1.165, 1.54) is 30.3 Å². The van der Waals surface area contributed by atoms with Crippen molar-refractivity contribution in [3.8, 4) is 0 Å². The summed E-state index contributed by atoms with van der Waals surface area (Å²) in [5.74, 6) is -5.26. The molecule has 33 heavy (non-hydrogen) atoms. The lowest BCUT2D eigenvalue weighted by Crippen LogP contribution is -2.29. The maximum Gasteiger partial charge on any atom is 0.341 e. The first kappa shape index (κ1) is 22.6. The van der Waals surface area contributed by atoms with E-state index in [1.54, 1.807) is 12.1 Å². The number of rotatable bonds is 5. The summed E-state index contributed by atoms with van der Waals surface area (Å²) in [6.45, 7) is 0. The maximum absolute atomic E-state index is 12.6. The van der Waals surface area contributed by atoms with E-state index in [9.17, 15) is 31.6 Å². The zero-order valence-electron chi connectivity index (χ0n) is 16.5. The predicted molar refractivity (Wildman–Crippen MR) is 117 cm³/mol. The molecule has 1 aliphatic rings. The lowest BCUT2D eigenvalue weighted by Gasteiger charge is -2.16. The first-order valence-electron chi connectivity index (χ1n) is 9.32. The summed E-state index contributed by atoms with van der Waals surface area (Å²) in [5.41, 5.74) is 0.905. The van der Waals surface area contributed by atoms with Gasteiger partial charge in [-0.1, -0.05) is 23.7 Å². The van der Waals surface area contributed by atoms with Gasteiger partial charge in [0.25, 0.3) is 17.7 Å². The number of alkyl halides is 2. The van der Waals surface area contributed by atoms with E-state index in [2.05, 4.69) is 5.32 Å². The maximum atomic E-state index is 12.6. The highest BCUT2D eigenvalue weighted by molar-refractivity contribution is 7.91. The lowest BCUT2D eigenvalue weighted by atomic mass is 10.1. The summed E-state index contributed by atoms with van der Waals surface area (Å²) in [5, 5.41) is 2.56. The van der Waals surface area contributed by atoms with Gasteiger partial charge in [-0.15, -0.1) is 0 Å². The van der Waals surface area contributed by atoms with Gasteiger partial charge in [0, 0.05) is 11.3 Å². The summed E-state index contributed by atoms with van der Waals surface area (Å²) >= 11 is 6.28. The highest BCUT2D eigenvalue weighted by Gasteiger charge is 2.37.